The van der Waals surface area contributed by atoms with Crippen molar-refractivity contribution in [1.29, 1.82) is 0 Å². The van der Waals surface area contributed by atoms with Crippen LogP contribution in [0.1, 0.15) is 20.8 Å². The van der Waals surface area contributed by atoms with Crippen LogP contribution < -0.4 is 0 Å². The second-order valence-electron chi connectivity index (χ2n) is 2.33. The monoisotopic (exact) mass is 149 g/mol. The maximum atomic E-state index is 10.8. The molecule has 0 aromatic carbocycles. The Balaban J connectivity index is 3.27. The van der Waals surface area contributed by atoms with Crippen LogP contribution in [-0.4, -0.2) is 12.8 Å². The third-order valence-electron chi connectivity index (χ3n) is 0.787. The minimum absolute atomic E-state index is 0.472. The first kappa shape index (κ1) is 9.06. The molecular formula is C6H14O2P+. The Labute approximate surface area is 57.5 Å². The van der Waals surface area contributed by atoms with E-state index in [1.54, 1.807) is 0 Å². The number of hydrogen-bond donors (Lipinski definition) is 0. The molecule has 1 atom stereocenters. The van der Waals surface area contributed by atoms with E-state index in [0.717, 1.165) is 0 Å². The topological polar surface area (TPSA) is 26.3 Å². The van der Waals surface area contributed by atoms with E-state index in [1.807, 2.05) is 20.8 Å². The van der Waals surface area contributed by atoms with Gasteiger partial charge in [-0.1, -0.05) is 13.8 Å². The van der Waals surface area contributed by atoms with Gasteiger partial charge in [-0.25, -0.2) is 0 Å². The molecular weight excluding hydrogens is 135 g/mol. The first-order valence-electron chi connectivity index (χ1n) is 3.24. The van der Waals surface area contributed by atoms with Gasteiger partial charge < -0.3 is 0 Å². The summed E-state index contributed by atoms with van der Waals surface area (Å²) in [7, 11) is -1.37. The maximum absolute atomic E-state index is 10.8. The standard InChI is InChI=1S/C6H14O2P/c1-4-8-9(7)5-6(2)3/h6H,4-5H2,1-3H3/q+1. The van der Waals surface area contributed by atoms with E-state index in [0.29, 0.717) is 18.7 Å². The van der Waals surface area contributed by atoms with Crippen molar-refractivity contribution < 1.29 is 9.09 Å². The smallest absolute Gasteiger partial charge is 0.147 e. The molecule has 54 valence electrons. The molecule has 0 bridgehead atoms. The third-order valence-corrected chi connectivity index (χ3v) is 2.36. The lowest BCUT2D eigenvalue weighted by Crippen LogP contribution is -1.91. The fraction of sp³-hybridized carbons (Fsp3) is 1.00. The second kappa shape index (κ2) is 4.89. The summed E-state index contributed by atoms with van der Waals surface area (Å²) in [5.41, 5.74) is 0. The third kappa shape index (κ3) is 5.94. The van der Waals surface area contributed by atoms with Crippen molar-refractivity contribution in [2.45, 2.75) is 20.8 Å². The van der Waals surface area contributed by atoms with Crippen LogP contribution in [0.15, 0.2) is 0 Å². The highest BCUT2D eigenvalue weighted by atomic mass is 31.1. The van der Waals surface area contributed by atoms with Gasteiger partial charge in [-0.05, 0) is 11.5 Å². The Hall–Kier alpha value is 0.0600. The zero-order chi connectivity index (χ0) is 7.28. The summed E-state index contributed by atoms with van der Waals surface area (Å²) in [6, 6.07) is 0. The largest absolute Gasteiger partial charge is 0.508 e. The molecule has 0 aromatic rings. The van der Waals surface area contributed by atoms with E-state index in [-0.39, 0.29) is 0 Å². The van der Waals surface area contributed by atoms with Crippen LogP contribution in [0, 0.1) is 5.92 Å². The molecule has 0 fully saturated rings. The molecule has 0 N–H and O–H groups in total. The molecule has 2 nitrogen and oxygen atoms in total. The van der Waals surface area contributed by atoms with Gasteiger partial charge in [-0.3, -0.25) is 0 Å². The fourth-order valence-electron chi connectivity index (χ4n) is 0.495. The van der Waals surface area contributed by atoms with Crippen molar-refractivity contribution in [2.75, 3.05) is 12.8 Å². The summed E-state index contributed by atoms with van der Waals surface area (Å²) in [6.07, 6.45) is 0.684. The molecule has 0 heterocycles. The first-order chi connectivity index (χ1) is 4.16. The molecule has 0 saturated heterocycles. The Morgan fingerprint density at radius 2 is 2.11 bits per heavy atom. The molecule has 0 aliphatic carbocycles. The van der Waals surface area contributed by atoms with Crippen LogP contribution in [0.5, 0.6) is 0 Å². The summed E-state index contributed by atoms with van der Waals surface area (Å²) in [4.78, 5) is 0. The summed E-state index contributed by atoms with van der Waals surface area (Å²) >= 11 is 0. The SMILES string of the molecule is CCO[P+](=O)CC(C)C. The average Bonchev–Trinajstić information content (AvgIpc) is 1.63. The highest BCUT2D eigenvalue weighted by molar-refractivity contribution is 7.39. The Kier molecular flexibility index (Phi) is 4.93. The molecule has 0 rings (SSSR count). The van der Waals surface area contributed by atoms with Crippen molar-refractivity contribution in [3.05, 3.63) is 0 Å². The van der Waals surface area contributed by atoms with Gasteiger partial charge in [0.25, 0.3) is 0 Å². The predicted octanol–water partition coefficient (Wildman–Crippen LogP) is 2.42. The summed E-state index contributed by atoms with van der Waals surface area (Å²) in [6.45, 7) is 6.48. The van der Waals surface area contributed by atoms with E-state index >= 15 is 0 Å². The summed E-state index contributed by atoms with van der Waals surface area (Å²) in [5, 5.41) is 0. The van der Waals surface area contributed by atoms with Gasteiger partial charge in [0.05, 0.1) is 6.61 Å². The zero-order valence-electron chi connectivity index (χ0n) is 6.26. The Morgan fingerprint density at radius 1 is 1.56 bits per heavy atom. The molecule has 1 unspecified atom stereocenters. The molecule has 0 aliphatic rings. The zero-order valence-corrected chi connectivity index (χ0v) is 7.15. The second-order valence-corrected chi connectivity index (χ2v) is 3.62. The molecule has 3 heteroatoms. The van der Waals surface area contributed by atoms with E-state index < -0.39 is 8.03 Å². The van der Waals surface area contributed by atoms with Crippen molar-refractivity contribution >= 4 is 8.03 Å². The van der Waals surface area contributed by atoms with Crippen molar-refractivity contribution in [2.24, 2.45) is 5.92 Å². The predicted molar refractivity (Wildman–Crippen MR) is 38.9 cm³/mol. The van der Waals surface area contributed by atoms with E-state index in [2.05, 4.69) is 0 Å². The number of hydrogen-bond acceptors (Lipinski definition) is 2. The van der Waals surface area contributed by atoms with Crippen molar-refractivity contribution in [3.63, 3.8) is 0 Å². The molecule has 0 amide bonds. The first-order valence-corrected chi connectivity index (χ1v) is 4.60. The van der Waals surface area contributed by atoms with Gasteiger partial charge in [0, 0.05) is 5.92 Å². The fourth-order valence-corrected chi connectivity index (χ4v) is 1.48. The quantitative estimate of drug-likeness (QED) is 0.574. The van der Waals surface area contributed by atoms with Gasteiger partial charge in [-0.2, -0.15) is 0 Å². The van der Waals surface area contributed by atoms with Crippen molar-refractivity contribution in [3.8, 4) is 0 Å². The van der Waals surface area contributed by atoms with Crippen molar-refractivity contribution in [1.82, 2.24) is 0 Å². The van der Waals surface area contributed by atoms with Gasteiger partial charge in [0.15, 0.2) is 6.16 Å². The molecule has 9 heavy (non-hydrogen) atoms. The van der Waals surface area contributed by atoms with Crippen LogP contribution in [0.25, 0.3) is 0 Å². The average molecular weight is 149 g/mol. The lowest BCUT2D eigenvalue weighted by Gasteiger charge is -1.89. The van der Waals surface area contributed by atoms with Crippen LogP contribution in [0.2, 0.25) is 0 Å². The minimum Gasteiger partial charge on any atom is -0.147 e. The molecule has 0 radical (unpaired) electrons. The highest BCUT2D eigenvalue weighted by Crippen LogP contribution is 2.24. The maximum Gasteiger partial charge on any atom is 0.508 e. The van der Waals surface area contributed by atoms with Crippen LogP contribution in [-0.2, 0) is 9.09 Å². The van der Waals surface area contributed by atoms with E-state index in [4.69, 9.17) is 4.52 Å². The van der Waals surface area contributed by atoms with Gasteiger partial charge >= 0.3 is 8.03 Å². The van der Waals surface area contributed by atoms with Crippen LogP contribution in [0.4, 0.5) is 0 Å². The summed E-state index contributed by atoms with van der Waals surface area (Å²) < 4.78 is 15.6. The lowest BCUT2D eigenvalue weighted by molar-refractivity contribution is 0.347. The normalized spacial score (nSPS) is 12.2. The van der Waals surface area contributed by atoms with E-state index in [9.17, 15) is 4.57 Å². The van der Waals surface area contributed by atoms with Crippen LogP contribution in [0.3, 0.4) is 0 Å². The molecule has 0 aliphatic heterocycles. The van der Waals surface area contributed by atoms with Gasteiger partial charge in [-0.15, -0.1) is 4.52 Å². The molecule has 0 saturated carbocycles. The van der Waals surface area contributed by atoms with Crippen LogP contribution >= 0.6 is 8.03 Å². The Morgan fingerprint density at radius 3 is 2.44 bits per heavy atom. The van der Waals surface area contributed by atoms with Gasteiger partial charge in [0.2, 0.25) is 0 Å². The van der Waals surface area contributed by atoms with Gasteiger partial charge in [0.1, 0.15) is 0 Å². The highest BCUT2D eigenvalue weighted by Gasteiger charge is 2.17. The summed E-state index contributed by atoms with van der Waals surface area (Å²) in [5.74, 6) is 0.472. The number of rotatable bonds is 4. The molecule has 0 aromatic heterocycles. The minimum atomic E-state index is -1.37. The van der Waals surface area contributed by atoms with E-state index in [1.165, 1.54) is 0 Å². The molecule has 0 spiro atoms. The Bertz CT molecular complexity index is 91.1. The lowest BCUT2D eigenvalue weighted by atomic mass is 10.3.